The fourth-order valence-electron chi connectivity index (χ4n) is 2.35. The number of rotatable bonds is 6. The van der Waals surface area contributed by atoms with Crippen LogP contribution in [0, 0.1) is 11.6 Å². The SMILES string of the molecule is CC(Sc1nnnn1C1CC1)C(=O)Nc1nc(-c2ccc(F)c(F)c2)cs1. The van der Waals surface area contributed by atoms with Gasteiger partial charge in [-0.05, 0) is 48.4 Å². The second-order valence-corrected chi connectivity index (χ2v) is 8.22. The topological polar surface area (TPSA) is 85.6 Å². The van der Waals surface area contributed by atoms with Gasteiger partial charge in [-0.25, -0.2) is 18.4 Å². The zero-order valence-corrected chi connectivity index (χ0v) is 15.7. The van der Waals surface area contributed by atoms with Crippen LogP contribution in [0.4, 0.5) is 13.9 Å². The molecule has 1 N–H and O–H groups in total. The molecule has 1 amide bonds. The predicted molar refractivity (Wildman–Crippen MR) is 97.5 cm³/mol. The van der Waals surface area contributed by atoms with Crippen LogP contribution < -0.4 is 5.32 Å². The predicted octanol–water partition coefficient (Wildman–Crippen LogP) is 3.53. The van der Waals surface area contributed by atoms with E-state index in [1.165, 1.54) is 29.2 Å². The monoisotopic (exact) mass is 408 g/mol. The molecule has 1 aromatic carbocycles. The van der Waals surface area contributed by atoms with Gasteiger partial charge in [0.15, 0.2) is 16.8 Å². The van der Waals surface area contributed by atoms with Gasteiger partial charge in [-0.1, -0.05) is 11.8 Å². The van der Waals surface area contributed by atoms with Gasteiger partial charge >= 0.3 is 0 Å². The van der Waals surface area contributed by atoms with Crippen molar-refractivity contribution in [2.24, 2.45) is 0 Å². The Bertz CT molecular complexity index is 987. The molecule has 1 unspecified atom stereocenters. The summed E-state index contributed by atoms with van der Waals surface area (Å²) in [6, 6.07) is 3.89. The van der Waals surface area contributed by atoms with E-state index in [1.54, 1.807) is 17.0 Å². The lowest BCUT2D eigenvalue weighted by molar-refractivity contribution is -0.115. The number of hydrogen-bond acceptors (Lipinski definition) is 7. The summed E-state index contributed by atoms with van der Waals surface area (Å²) >= 11 is 2.49. The van der Waals surface area contributed by atoms with E-state index in [9.17, 15) is 13.6 Å². The first-order valence-electron chi connectivity index (χ1n) is 8.17. The van der Waals surface area contributed by atoms with Crippen molar-refractivity contribution < 1.29 is 13.6 Å². The molecule has 1 saturated carbocycles. The molecule has 4 rings (SSSR count). The molecule has 1 aliphatic carbocycles. The molecule has 1 fully saturated rings. The van der Waals surface area contributed by atoms with E-state index in [4.69, 9.17) is 0 Å². The Morgan fingerprint density at radius 2 is 2.19 bits per heavy atom. The lowest BCUT2D eigenvalue weighted by Crippen LogP contribution is -2.22. The summed E-state index contributed by atoms with van der Waals surface area (Å²) in [6.07, 6.45) is 2.09. The van der Waals surface area contributed by atoms with Gasteiger partial charge in [0.25, 0.3) is 0 Å². The van der Waals surface area contributed by atoms with E-state index < -0.39 is 16.9 Å². The van der Waals surface area contributed by atoms with Crippen molar-refractivity contribution in [2.75, 3.05) is 5.32 Å². The van der Waals surface area contributed by atoms with Crippen molar-refractivity contribution in [1.29, 1.82) is 0 Å². The van der Waals surface area contributed by atoms with E-state index >= 15 is 0 Å². The van der Waals surface area contributed by atoms with Crippen LogP contribution in [0.2, 0.25) is 0 Å². The van der Waals surface area contributed by atoms with Crippen LogP contribution in [0.15, 0.2) is 28.7 Å². The lowest BCUT2D eigenvalue weighted by Gasteiger charge is -2.09. The number of nitrogens with one attached hydrogen (secondary N) is 1. The van der Waals surface area contributed by atoms with Crippen LogP contribution in [0.5, 0.6) is 0 Å². The highest BCUT2D eigenvalue weighted by Crippen LogP contribution is 2.37. The van der Waals surface area contributed by atoms with Gasteiger partial charge in [0, 0.05) is 10.9 Å². The molecule has 7 nitrogen and oxygen atoms in total. The third kappa shape index (κ3) is 3.98. The minimum Gasteiger partial charge on any atom is -0.301 e. The standard InChI is InChI=1S/C16H14F2N6OS2/c1-8(27-16-21-22-23-24(16)10-3-4-10)14(25)20-15-19-13(7-26-15)9-2-5-11(17)12(18)6-9/h2,5-8,10H,3-4H2,1H3,(H,19,20,25). The summed E-state index contributed by atoms with van der Waals surface area (Å²) in [7, 11) is 0. The van der Waals surface area contributed by atoms with Gasteiger partial charge in [0.05, 0.1) is 17.0 Å². The lowest BCUT2D eigenvalue weighted by atomic mass is 10.2. The van der Waals surface area contributed by atoms with Gasteiger partial charge in [-0.3, -0.25) is 4.79 Å². The van der Waals surface area contributed by atoms with E-state index in [0.29, 0.717) is 27.6 Å². The third-order valence-electron chi connectivity index (χ3n) is 3.96. The summed E-state index contributed by atoms with van der Waals surface area (Å²) in [4.78, 5) is 16.7. The van der Waals surface area contributed by atoms with Gasteiger partial charge in [0.2, 0.25) is 11.1 Å². The van der Waals surface area contributed by atoms with Crippen molar-refractivity contribution >= 4 is 34.1 Å². The summed E-state index contributed by atoms with van der Waals surface area (Å²) < 4.78 is 28.2. The molecule has 11 heteroatoms. The van der Waals surface area contributed by atoms with E-state index in [1.807, 2.05) is 0 Å². The molecule has 2 heterocycles. The number of amides is 1. The highest BCUT2D eigenvalue weighted by Gasteiger charge is 2.29. The van der Waals surface area contributed by atoms with Crippen LogP contribution in [0.25, 0.3) is 11.3 Å². The minimum atomic E-state index is -0.940. The third-order valence-corrected chi connectivity index (χ3v) is 5.76. The average molecular weight is 408 g/mol. The molecule has 1 atom stereocenters. The quantitative estimate of drug-likeness (QED) is 0.628. The fraction of sp³-hybridized carbons (Fsp3) is 0.312. The van der Waals surface area contributed by atoms with Gasteiger partial charge in [-0.2, -0.15) is 0 Å². The fourth-order valence-corrected chi connectivity index (χ4v) is 3.93. The molecule has 140 valence electrons. The number of tetrazole rings is 1. The van der Waals surface area contributed by atoms with Gasteiger partial charge in [0.1, 0.15) is 0 Å². The molecule has 1 aliphatic rings. The summed E-state index contributed by atoms with van der Waals surface area (Å²) in [5.74, 6) is -2.09. The minimum absolute atomic E-state index is 0.239. The maximum atomic E-state index is 13.4. The zero-order chi connectivity index (χ0) is 19.0. The van der Waals surface area contributed by atoms with E-state index in [-0.39, 0.29) is 5.91 Å². The van der Waals surface area contributed by atoms with Crippen LogP contribution in [-0.2, 0) is 4.79 Å². The molecule has 0 radical (unpaired) electrons. The maximum absolute atomic E-state index is 13.4. The number of carbonyl (C=O) groups excluding carboxylic acids is 1. The number of nitrogens with zero attached hydrogens (tertiary/aromatic N) is 5. The molecule has 0 saturated heterocycles. The van der Waals surface area contributed by atoms with Gasteiger partial charge in [-0.15, -0.1) is 16.4 Å². The molecule has 0 bridgehead atoms. The number of hydrogen-bond donors (Lipinski definition) is 1. The normalized spacial score (nSPS) is 14.9. The number of thiazole rings is 1. The first-order valence-corrected chi connectivity index (χ1v) is 9.93. The van der Waals surface area contributed by atoms with Crippen LogP contribution >= 0.6 is 23.1 Å². The van der Waals surface area contributed by atoms with Gasteiger partial charge < -0.3 is 5.32 Å². The van der Waals surface area contributed by atoms with Crippen LogP contribution in [0.3, 0.4) is 0 Å². The van der Waals surface area contributed by atoms with Crippen LogP contribution in [-0.4, -0.2) is 36.3 Å². The molecule has 27 heavy (non-hydrogen) atoms. The molecule has 2 aromatic heterocycles. The summed E-state index contributed by atoms with van der Waals surface area (Å²) in [5.41, 5.74) is 0.906. The Kier molecular flexibility index (Phi) is 4.87. The molecular formula is C16H14F2N6OS2. The molecular weight excluding hydrogens is 394 g/mol. The maximum Gasteiger partial charge on any atom is 0.239 e. The first kappa shape index (κ1) is 18.0. The van der Waals surface area contributed by atoms with Crippen molar-refractivity contribution in [3.63, 3.8) is 0 Å². The number of aromatic nitrogens is 5. The highest BCUT2D eigenvalue weighted by atomic mass is 32.2. The molecule has 0 spiro atoms. The number of anilines is 1. The largest absolute Gasteiger partial charge is 0.301 e. The molecule has 0 aliphatic heterocycles. The highest BCUT2D eigenvalue weighted by molar-refractivity contribution is 8.00. The Morgan fingerprint density at radius 3 is 2.93 bits per heavy atom. The second kappa shape index (κ2) is 7.31. The van der Waals surface area contributed by atoms with Crippen molar-refractivity contribution in [1.82, 2.24) is 25.2 Å². The Balaban J connectivity index is 1.41. The Hall–Kier alpha value is -2.40. The summed E-state index contributed by atoms with van der Waals surface area (Å²) in [6.45, 7) is 1.76. The average Bonchev–Trinajstić information content (AvgIpc) is 3.20. The summed E-state index contributed by atoms with van der Waals surface area (Å²) in [5, 5.41) is 16.6. The Morgan fingerprint density at radius 1 is 1.37 bits per heavy atom. The zero-order valence-electron chi connectivity index (χ0n) is 14.1. The number of benzene rings is 1. The van der Waals surface area contributed by atoms with E-state index in [2.05, 4.69) is 25.8 Å². The Labute approximate surface area is 161 Å². The van der Waals surface area contributed by atoms with Crippen LogP contribution in [0.1, 0.15) is 25.8 Å². The van der Waals surface area contributed by atoms with Crippen molar-refractivity contribution in [3.05, 3.63) is 35.2 Å². The number of halogens is 2. The van der Waals surface area contributed by atoms with Crippen molar-refractivity contribution in [2.45, 2.75) is 36.2 Å². The molecule has 3 aromatic rings. The number of carbonyl (C=O) groups is 1. The first-order chi connectivity index (χ1) is 13.0. The van der Waals surface area contributed by atoms with Crippen molar-refractivity contribution in [3.8, 4) is 11.3 Å². The number of thioether (sulfide) groups is 1. The second-order valence-electron chi connectivity index (χ2n) is 6.05. The smallest absolute Gasteiger partial charge is 0.239 e. The van der Waals surface area contributed by atoms with E-state index in [0.717, 1.165) is 25.0 Å².